The first-order valence-corrected chi connectivity index (χ1v) is 15.5. The third-order valence-electron chi connectivity index (χ3n) is 8.97. The lowest BCUT2D eigenvalue weighted by Crippen LogP contribution is -3.00. The van der Waals surface area contributed by atoms with Crippen molar-refractivity contribution in [2.24, 2.45) is 0 Å². The maximum Gasteiger partial charge on any atom is 0.416 e. The molecule has 6 rings (SSSR count). The molecule has 1 atom stereocenters. The normalized spacial score (nSPS) is 14.6. The van der Waals surface area contributed by atoms with Crippen LogP contribution in [0.5, 0.6) is 0 Å². The zero-order chi connectivity index (χ0) is 35.1. The van der Waals surface area contributed by atoms with Gasteiger partial charge in [-0.25, -0.2) is 24.2 Å². The maximum atomic E-state index is 13.7. The van der Waals surface area contributed by atoms with E-state index in [-0.39, 0.29) is 39.9 Å². The van der Waals surface area contributed by atoms with Crippen molar-refractivity contribution in [3.8, 4) is 6.07 Å². The molecule has 5 aromatic rings. The lowest BCUT2D eigenvalue weighted by molar-refractivity contribution is -0.138. The molecule has 0 saturated heterocycles. The summed E-state index contributed by atoms with van der Waals surface area (Å²) in [6, 6.07) is 20.7. The van der Waals surface area contributed by atoms with E-state index in [4.69, 9.17) is 4.74 Å². The monoisotopic (exact) mass is 747 g/mol. The number of aromatic amines is 1. The highest BCUT2D eigenvalue weighted by molar-refractivity contribution is 5.94. The number of carbonyl (C=O) groups is 1. The fraction of sp³-hybridized carbons (Fsp3) is 0.250. The van der Waals surface area contributed by atoms with Crippen LogP contribution in [-0.2, 0) is 22.1 Å². The Morgan fingerprint density at radius 2 is 1.82 bits per heavy atom. The number of para-hydroxylation sites is 1. The first-order chi connectivity index (χ1) is 23.4. The summed E-state index contributed by atoms with van der Waals surface area (Å²) in [6.07, 6.45) is -1.72. The van der Waals surface area contributed by atoms with Gasteiger partial charge in [-0.15, -0.1) is 5.10 Å². The van der Waals surface area contributed by atoms with Crippen molar-refractivity contribution in [1.29, 1.82) is 5.26 Å². The first-order valence-electron chi connectivity index (χ1n) is 15.5. The minimum atomic E-state index is -4.63. The average Bonchev–Trinajstić information content (AvgIpc) is 3.47. The summed E-state index contributed by atoms with van der Waals surface area (Å²) in [5.41, 5.74) is 2.38. The number of methoxy groups -OCH3 is 1. The van der Waals surface area contributed by atoms with E-state index in [1.807, 2.05) is 24.3 Å². The molecule has 0 spiro atoms. The number of nitriles is 1. The number of pyridine rings is 1. The maximum absolute atomic E-state index is 13.7. The van der Waals surface area contributed by atoms with E-state index in [9.17, 15) is 28.0 Å². The summed E-state index contributed by atoms with van der Waals surface area (Å²) in [7, 11) is 5.39. The number of aryl methyl sites for hydroxylation is 1. The summed E-state index contributed by atoms with van der Waals surface area (Å²) < 4.78 is 48.1. The van der Waals surface area contributed by atoms with Gasteiger partial charge in [0.1, 0.15) is 11.6 Å². The second-order valence-electron chi connectivity index (χ2n) is 12.4. The molecule has 1 aliphatic heterocycles. The van der Waals surface area contributed by atoms with E-state index in [0.717, 1.165) is 34.3 Å². The number of anilines is 2. The fourth-order valence-corrected chi connectivity index (χ4v) is 6.60. The Bertz CT molecular complexity index is 2210. The summed E-state index contributed by atoms with van der Waals surface area (Å²) in [5, 5.41) is 17.4. The number of nitrogens with zero attached hydrogens (tertiary/aromatic N) is 6. The molecule has 2 aromatic heterocycles. The van der Waals surface area contributed by atoms with Crippen LogP contribution >= 0.6 is 0 Å². The van der Waals surface area contributed by atoms with Gasteiger partial charge in [-0.3, -0.25) is 9.38 Å². The van der Waals surface area contributed by atoms with Gasteiger partial charge >= 0.3 is 17.8 Å². The minimum Gasteiger partial charge on any atom is -1.00 e. The molecular weight excluding hydrogens is 715 g/mol. The highest BCUT2D eigenvalue weighted by atomic mass is 79.9. The van der Waals surface area contributed by atoms with E-state index in [1.165, 1.54) is 28.7 Å². The van der Waals surface area contributed by atoms with Crippen molar-refractivity contribution in [3.63, 3.8) is 0 Å². The van der Waals surface area contributed by atoms with Crippen molar-refractivity contribution in [2.45, 2.75) is 32.0 Å². The van der Waals surface area contributed by atoms with Crippen LogP contribution < -0.4 is 32.1 Å². The molecule has 0 amide bonds. The van der Waals surface area contributed by atoms with Crippen molar-refractivity contribution in [1.82, 2.24) is 24.2 Å². The number of ether oxygens (including phenoxy) is 1. The lowest BCUT2D eigenvalue weighted by Gasteiger charge is -2.36. The van der Waals surface area contributed by atoms with Gasteiger partial charge in [0.2, 0.25) is 5.95 Å². The molecule has 3 heterocycles. The standard InChI is InChI=1S/C36H32F3N7O3.BrH/c1-22-30(33(47)49-4)32(45-34(42-43-35(45)48)44(22)27-13-6-12-26(20-27)36(37,38)39)28-16-15-23(21-40)19-25(28)11-8-18-46(2,3)29-14-5-9-24-10-7-17-41-31(24)29;/h5-7,9-10,12-17,19-20,32H,8,11,18H2,1-4H3;1H/t32-;/m1./s1. The van der Waals surface area contributed by atoms with Crippen LogP contribution in [0.25, 0.3) is 10.9 Å². The third-order valence-corrected chi connectivity index (χ3v) is 8.97. The number of halogens is 4. The number of aromatic nitrogens is 4. The quantitative estimate of drug-likeness (QED) is 0.191. The lowest BCUT2D eigenvalue weighted by atomic mass is 9.88. The second-order valence-corrected chi connectivity index (χ2v) is 12.4. The molecule has 0 saturated carbocycles. The highest BCUT2D eigenvalue weighted by Gasteiger charge is 2.41. The molecule has 1 N–H and O–H groups in total. The van der Waals surface area contributed by atoms with Gasteiger partial charge in [0.05, 0.1) is 50.5 Å². The Balaban J connectivity index is 0.00000486. The number of quaternary nitrogens is 1. The number of carbonyl (C=O) groups excluding carboxylic acids is 1. The van der Waals surface area contributed by atoms with Gasteiger partial charge in [0.15, 0.2) is 5.69 Å². The largest absolute Gasteiger partial charge is 1.00 e. The van der Waals surface area contributed by atoms with Gasteiger partial charge in [0.25, 0.3) is 0 Å². The summed E-state index contributed by atoms with van der Waals surface area (Å²) in [4.78, 5) is 33.0. The average molecular weight is 749 g/mol. The molecule has 0 unspecified atom stereocenters. The van der Waals surface area contributed by atoms with Crippen molar-refractivity contribution >= 4 is 34.2 Å². The zero-order valence-corrected chi connectivity index (χ0v) is 29.2. The van der Waals surface area contributed by atoms with Crippen molar-refractivity contribution in [2.75, 3.05) is 32.6 Å². The first kappa shape index (κ1) is 36.0. The summed E-state index contributed by atoms with van der Waals surface area (Å²) >= 11 is 0. The highest BCUT2D eigenvalue weighted by Crippen LogP contribution is 2.44. The van der Waals surface area contributed by atoms with Crippen molar-refractivity contribution < 1.29 is 39.7 Å². The number of hydrogen-bond donors (Lipinski definition) is 1. The Morgan fingerprint density at radius 3 is 2.54 bits per heavy atom. The number of rotatable bonds is 8. The molecule has 258 valence electrons. The molecule has 10 nitrogen and oxygen atoms in total. The van der Waals surface area contributed by atoms with Crippen LogP contribution in [0.1, 0.15) is 41.6 Å². The van der Waals surface area contributed by atoms with Crippen LogP contribution in [-0.4, -0.2) is 53.5 Å². The van der Waals surface area contributed by atoms with E-state index < -0.39 is 29.4 Å². The minimum absolute atomic E-state index is 0. The number of allylic oxidation sites excluding steroid dienone is 1. The number of esters is 1. The number of alkyl halides is 3. The molecular formula is C36H33BrF3N7O3. The second kappa shape index (κ2) is 13.9. The Kier molecular flexibility index (Phi) is 10.0. The zero-order valence-electron chi connectivity index (χ0n) is 27.6. The van der Waals surface area contributed by atoms with E-state index >= 15 is 0 Å². The molecule has 1 aliphatic rings. The van der Waals surface area contributed by atoms with Crippen molar-refractivity contribution in [3.05, 3.63) is 123 Å². The van der Waals surface area contributed by atoms with Gasteiger partial charge in [0, 0.05) is 35.5 Å². The molecule has 0 radical (unpaired) electrons. The number of fused-ring (bicyclic) bond motifs is 2. The topological polar surface area (TPSA) is 117 Å². The van der Waals surface area contributed by atoms with Gasteiger partial charge in [-0.05, 0) is 60.9 Å². The SMILES string of the molecule is COC(=O)C1=C(C)N(c2cccc(C(F)(F)F)c2)c2n[nH]c(=O)n2[C@@H]1c1ccc(C#N)cc1CCC[N+](C)(C)c1cccc2cccnc12.[Br-]. The van der Waals surface area contributed by atoms with Gasteiger partial charge in [-0.2, -0.15) is 18.4 Å². The summed E-state index contributed by atoms with van der Waals surface area (Å²) in [6.45, 7) is 2.26. The predicted molar refractivity (Wildman–Crippen MR) is 179 cm³/mol. The Hall–Kier alpha value is -5.26. The fourth-order valence-electron chi connectivity index (χ4n) is 6.60. The molecule has 50 heavy (non-hydrogen) atoms. The summed E-state index contributed by atoms with van der Waals surface area (Å²) in [5.74, 6) is -0.772. The van der Waals surface area contributed by atoms with E-state index in [1.54, 1.807) is 31.3 Å². The van der Waals surface area contributed by atoms with E-state index in [2.05, 4.69) is 41.4 Å². The number of H-pyrrole nitrogens is 1. The van der Waals surface area contributed by atoms with Crippen LogP contribution in [0.2, 0.25) is 0 Å². The predicted octanol–water partition coefficient (Wildman–Crippen LogP) is 3.40. The molecule has 14 heteroatoms. The van der Waals surface area contributed by atoms with Crippen LogP contribution in [0, 0.1) is 11.3 Å². The molecule has 0 aliphatic carbocycles. The number of nitrogens with one attached hydrogen (secondary N) is 1. The molecule has 0 bridgehead atoms. The van der Waals surface area contributed by atoms with Crippen LogP contribution in [0.15, 0.2) is 95.1 Å². The van der Waals surface area contributed by atoms with Crippen LogP contribution in [0.4, 0.5) is 30.5 Å². The number of benzene rings is 3. The van der Waals surface area contributed by atoms with E-state index in [0.29, 0.717) is 35.0 Å². The molecule has 3 aromatic carbocycles. The number of hydrogen-bond acceptors (Lipinski definition) is 7. The van der Waals surface area contributed by atoms with Crippen LogP contribution in [0.3, 0.4) is 0 Å². The third kappa shape index (κ3) is 6.54. The smallest absolute Gasteiger partial charge is 0.416 e. The van der Waals surface area contributed by atoms with Gasteiger partial charge in [-0.1, -0.05) is 30.3 Å². The Morgan fingerprint density at radius 1 is 1.08 bits per heavy atom. The molecule has 0 fully saturated rings. The Labute approximate surface area is 296 Å². The van der Waals surface area contributed by atoms with Gasteiger partial charge < -0.3 is 21.7 Å².